The van der Waals surface area contributed by atoms with E-state index in [-0.39, 0.29) is 0 Å². The Morgan fingerprint density at radius 1 is 1.03 bits per heavy atom. The van der Waals surface area contributed by atoms with Crippen LogP contribution >= 0.6 is 0 Å². The summed E-state index contributed by atoms with van der Waals surface area (Å²) >= 11 is 0. The van der Waals surface area contributed by atoms with Gasteiger partial charge >= 0.3 is 7.12 Å². The predicted octanol–water partition coefficient (Wildman–Crippen LogP) is 1.14. The molecule has 0 atom stereocenters. The first-order chi connectivity index (χ1) is 14.2. The Bertz CT molecular complexity index is 1180. The van der Waals surface area contributed by atoms with Gasteiger partial charge in [-0.15, -0.1) is 0 Å². The summed E-state index contributed by atoms with van der Waals surface area (Å²) in [6, 6.07) is 15.3. The zero-order valence-corrected chi connectivity index (χ0v) is 15.5. The van der Waals surface area contributed by atoms with E-state index in [1.807, 2.05) is 24.3 Å². The highest BCUT2D eigenvalue weighted by Crippen LogP contribution is 2.27. The number of nitrogens with one attached hydrogen (secondary N) is 1. The number of hydrogen-bond acceptors (Lipinski definition) is 7. The van der Waals surface area contributed by atoms with Crippen LogP contribution in [0.2, 0.25) is 0 Å². The first-order valence-electron chi connectivity index (χ1n) is 9.29. The number of nitrogens with zero attached hydrogens (tertiary/aromatic N) is 4. The van der Waals surface area contributed by atoms with Gasteiger partial charge in [0.15, 0.2) is 0 Å². The molecule has 1 aliphatic heterocycles. The summed E-state index contributed by atoms with van der Waals surface area (Å²) in [6.07, 6.45) is 1.59. The molecule has 144 valence electrons. The molecule has 8 nitrogen and oxygen atoms in total. The van der Waals surface area contributed by atoms with Gasteiger partial charge in [-0.25, -0.2) is 4.98 Å². The number of ether oxygens (including phenoxy) is 1. The van der Waals surface area contributed by atoms with Crippen molar-refractivity contribution in [1.82, 2.24) is 19.7 Å². The molecule has 0 aliphatic carbocycles. The van der Waals surface area contributed by atoms with E-state index in [0.29, 0.717) is 47.9 Å². The first kappa shape index (κ1) is 17.8. The summed E-state index contributed by atoms with van der Waals surface area (Å²) in [5.74, 6) is 1.12. The van der Waals surface area contributed by atoms with Gasteiger partial charge in [-0.1, -0.05) is 42.5 Å². The molecule has 0 saturated heterocycles. The third kappa shape index (κ3) is 3.25. The van der Waals surface area contributed by atoms with Gasteiger partial charge < -0.3 is 20.1 Å². The molecular weight excluding hydrogens is 369 g/mol. The highest BCUT2D eigenvalue weighted by molar-refractivity contribution is 6.61. The lowest BCUT2D eigenvalue weighted by Crippen LogP contribution is -2.30. The average molecular weight is 387 g/mol. The largest absolute Gasteiger partial charge is 0.489 e. The minimum Gasteiger partial charge on any atom is -0.423 e. The normalized spacial score (nSPS) is 12.9. The van der Waals surface area contributed by atoms with E-state index >= 15 is 0 Å². The zero-order chi connectivity index (χ0) is 19.8. The molecule has 2 aromatic heterocycles. The van der Waals surface area contributed by atoms with Crippen LogP contribution < -0.4 is 10.8 Å². The van der Waals surface area contributed by atoms with E-state index in [0.717, 1.165) is 16.8 Å². The van der Waals surface area contributed by atoms with Crippen molar-refractivity contribution in [2.45, 2.75) is 19.8 Å². The summed E-state index contributed by atoms with van der Waals surface area (Å²) in [6.45, 7) is 1.52. The quantitative estimate of drug-likeness (QED) is 0.441. The molecule has 3 N–H and O–H groups in total. The molecule has 29 heavy (non-hydrogen) atoms. The Labute approximate surface area is 167 Å². The van der Waals surface area contributed by atoms with Crippen LogP contribution in [0.25, 0.3) is 16.9 Å². The van der Waals surface area contributed by atoms with E-state index in [2.05, 4.69) is 27.5 Å². The summed E-state index contributed by atoms with van der Waals surface area (Å²) in [7, 11) is -1.58. The molecule has 1 aliphatic rings. The molecule has 2 aromatic carbocycles. The lowest BCUT2D eigenvalue weighted by Gasteiger charge is -2.12. The van der Waals surface area contributed by atoms with E-state index in [9.17, 15) is 10.0 Å². The first-order valence-corrected chi connectivity index (χ1v) is 9.29. The fourth-order valence-corrected chi connectivity index (χ4v) is 3.52. The Balaban J connectivity index is 1.56. The number of benzene rings is 2. The summed E-state index contributed by atoms with van der Waals surface area (Å²) in [4.78, 5) is 9.34. The fourth-order valence-electron chi connectivity index (χ4n) is 3.52. The molecule has 9 heteroatoms. The number of fused-ring (bicyclic) bond motifs is 2. The second-order valence-corrected chi connectivity index (χ2v) is 6.84. The van der Waals surface area contributed by atoms with Gasteiger partial charge in [0, 0.05) is 17.5 Å². The van der Waals surface area contributed by atoms with Crippen LogP contribution in [-0.4, -0.2) is 36.9 Å². The van der Waals surface area contributed by atoms with Crippen molar-refractivity contribution in [2.75, 3.05) is 5.32 Å². The van der Waals surface area contributed by atoms with Crippen molar-refractivity contribution in [3.63, 3.8) is 0 Å². The second-order valence-electron chi connectivity index (χ2n) is 6.84. The molecule has 0 spiro atoms. The van der Waals surface area contributed by atoms with E-state index < -0.39 is 7.12 Å². The van der Waals surface area contributed by atoms with Crippen LogP contribution in [0.3, 0.4) is 0 Å². The van der Waals surface area contributed by atoms with Gasteiger partial charge in [-0.05, 0) is 17.1 Å². The number of rotatable bonds is 5. The van der Waals surface area contributed by atoms with Gasteiger partial charge in [0.1, 0.15) is 5.82 Å². The summed E-state index contributed by atoms with van der Waals surface area (Å²) in [5, 5.41) is 27.6. The minimum absolute atomic E-state index is 0.390. The molecule has 0 saturated carbocycles. The SMILES string of the molecule is OB(O)c1cccc2c1cnn2-c1nc2c(c(NCc3ccccc3)n1)COC2. The Morgan fingerprint density at radius 3 is 2.72 bits per heavy atom. The highest BCUT2D eigenvalue weighted by atomic mass is 16.5. The predicted molar refractivity (Wildman–Crippen MR) is 109 cm³/mol. The van der Waals surface area contributed by atoms with Crippen molar-refractivity contribution in [2.24, 2.45) is 0 Å². The highest BCUT2D eigenvalue weighted by Gasteiger charge is 2.23. The van der Waals surface area contributed by atoms with Crippen molar-refractivity contribution in [3.8, 4) is 5.95 Å². The van der Waals surface area contributed by atoms with E-state index in [4.69, 9.17) is 9.72 Å². The molecular formula is C20H18BN5O3. The van der Waals surface area contributed by atoms with Crippen LogP contribution in [0.5, 0.6) is 0 Å². The van der Waals surface area contributed by atoms with Crippen LogP contribution in [0.4, 0.5) is 5.82 Å². The lowest BCUT2D eigenvalue weighted by atomic mass is 9.78. The third-order valence-electron chi connectivity index (χ3n) is 4.98. The molecule has 0 unspecified atom stereocenters. The molecule has 4 aromatic rings. The third-order valence-corrected chi connectivity index (χ3v) is 4.98. The smallest absolute Gasteiger partial charge is 0.423 e. The van der Waals surface area contributed by atoms with Gasteiger partial charge in [0.25, 0.3) is 5.95 Å². The maximum Gasteiger partial charge on any atom is 0.489 e. The van der Waals surface area contributed by atoms with Crippen LogP contribution in [0, 0.1) is 0 Å². The molecule has 0 amide bonds. The maximum absolute atomic E-state index is 9.61. The average Bonchev–Trinajstić information content (AvgIpc) is 3.39. The molecule has 3 heterocycles. The van der Waals surface area contributed by atoms with Crippen molar-refractivity contribution < 1.29 is 14.8 Å². The Kier molecular flexibility index (Phi) is 4.47. The molecule has 5 rings (SSSR count). The summed E-state index contributed by atoms with van der Waals surface area (Å²) in [5.41, 5.74) is 4.01. The molecule has 0 fully saturated rings. The molecule has 0 radical (unpaired) electrons. The Morgan fingerprint density at radius 2 is 1.90 bits per heavy atom. The van der Waals surface area contributed by atoms with Crippen LogP contribution in [0.1, 0.15) is 16.8 Å². The van der Waals surface area contributed by atoms with Gasteiger partial charge in [-0.3, -0.25) is 0 Å². The topological polar surface area (TPSA) is 105 Å². The van der Waals surface area contributed by atoms with Gasteiger partial charge in [0.2, 0.25) is 0 Å². The van der Waals surface area contributed by atoms with Gasteiger partial charge in [0.05, 0.1) is 30.6 Å². The number of hydrogen-bond donors (Lipinski definition) is 3. The second kappa shape index (κ2) is 7.29. The number of anilines is 1. The van der Waals surface area contributed by atoms with Crippen molar-refractivity contribution >= 4 is 29.3 Å². The summed E-state index contributed by atoms with van der Waals surface area (Å²) < 4.78 is 7.18. The standard InChI is InChI=1S/C20H18BN5O3/c27-21(28)16-7-4-8-18-14(16)10-23-26(18)20-24-17-12-29-11-15(17)19(25-20)22-9-13-5-2-1-3-6-13/h1-8,10,27-28H,9,11-12H2,(H,22,24,25). The van der Waals surface area contributed by atoms with Crippen LogP contribution in [-0.2, 0) is 24.5 Å². The van der Waals surface area contributed by atoms with Gasteiger partial charge in [-0.2, -0.15) is 14.8 Å². The van der Waals surface area contributed by atoms with E-state index in [1.54, 1.807) is 23.0 Å². The van der Waals surface area contributed by atoms with Crippen LogP contribution in [0.15, 0.2) is 54.7 Å². The lowest BCUT2D eigenvalue weighted by molar-refractivity contribution is 0.133. The molecule has 0 bridgehead atoms. The van der Waals surface area contributed by atoms with Crippen molar-refractivity contribution in [1.29, 1.82) is 0 Å². The maximum atomic E-state index is 9.61. The van der Waals surface area contributed by atoms with Crippen molar-refractivity contribution in [3.05, 3.63) is 71.5 Å². The minimum atomic E-state index is -1.58. The number of aromatic nitrogens is 4. The fraction of sp³-hybridized carbons (Fsp3) is 0.150. The monoisotopic (exact) mass is 387 g/mol. The zero-order valence-electron chi connectivity index (χ0n) is 15.5. The van der Waals surface area contributed by atoms with E-state index in [1.165, 1.54) is 0 Å². The Hall–Kier alpha value is -3.27.